The molecule has 178 valence electrons. The van der Waals surface area contributed by atoms with Gasteiger partial charge >= 0.3 is 5.97 Å². The molecule has 1 aliphatic heterocycles. The number of carbonyl (C=O) groups excluding carboxylic acids is 4. The molecule has 4 rings (SSSR count). The van der Waals surface area contributed by atoms with Gasteiger partial charge in [0.2, 0.25) is 0 Å². The summed E-state index contributed by atoms with van der Waals surface area (Å²) in [6.07, 6.45) is -1.10. The molecule has 0 fully saturated rings. The van der Waals surface area contributed by atoms with Crippen molar-refractivity contribution in [3.05, 3.63) is 88.5 Å². The van der Waals surface area contributed by atoms with Crippen molar-refractivity contribution >= 4 is 35.1 Å². The average molecular weight is 472 g/mol. The summed E-state index contributed by atoms with van der Waals surface area (Å²) >= 11 is 0. The van der Waals surface area contributed by atoms with Gasteiger partial charge in [0.25, 0.3) is 17.7 Å². The minimum atomic E-state index is -1.10. The first-order valence-electron chi connectivity index (χ1n) is 11.0. The lowest BCUT2D eigenvalue weighted by molar-refractivity contribution is -0.123. The maximum Gasteiger partial charge on any atom is 0.338 e. The number of hydrogen-bond donors (Lipinski definition) is 1. The van der Waals surface area contributed by atoms with Gasteiger partial charge in [-0.25, -0.2) is 9.69 Å². The second kappa shape index (κ2) is 9.42. The molecular formula is C27H24N2O6. The number of rotatable bonds is 6. The zero-order valence-corrected chi connectivity index (χ0v) is 19.7. The van der Waals surface area contributed by atoms with Crippen molar-refractivity contribution in [3.63, 3.8) is 0 Å². The van der Waals surface area contributed by atoms with Crippen LogP contribution < -0.4 is 15.0 Å². The van der Waals surface area contributed by atoms with Crippen molar-refractivity contribution in [2.24, 2.45) is 0 Å². The second-order valence-corrected chi connectivity index (χ2v) is 8.26. The Labute approximate surface area is 202 Å². The Kier molecular flexibility index (Phi) is 6.38. The van der Waals surface area contributed by atoms with Crippen molar-refractivity contribution in [2.75, 3.05) is 17.3 Å². The Hall–Kier alpha value is -4.46. The van der Waals surface area contributed by atoms with Gasteiger partial charge in [-0.1, -0.05) is 12.1 Å². The second-order valence-electron chi connectivity index (χ2n) is 8.26. The summed E-state index contributed by atoms with van der Waals surface area (Å²) in [4.78, 5) is 52.3. The maximum absolute atomic E-state index is 13.1. The highest BCUT2D eigenvalue weighted by molar-refractivity contribution is 6.35. The number of aryl methyl sites for hydroxylation is 2. The van der Waals surface area contributed by atoms with E-state index < -0.39 is 29.8 Å². The van der Waals surface area contributed by atoms with Gasteiger partial charge in [0.15, 0.2) is 6.10 Å². The quantitative estimate of drug-likeness (QED) is 0.424. The Morgan fingerprint density at radius 1 is 0.886 bits per heavy atom. The molecule has 1 heterocycles. The van der Waals surface area contributed by atoms with Gasteiger partial charge in [-0.05, 0) is 80.4 Å². The molecule has 0 radical (unpaired) electrons. The van der Waals surface area contributed by atoms with Crippen LogP contribution in [0.1, 0.15) is 49.1 Å². The van der Waals surface area contributed by atoms with Crippen LogP contribution in [0.3, 0.4) is 0 Å². The number of ether oxygens (including phenoxy) is 2. The minimum absolute atomic E-state index is 0.0665. The van der Waals surface area contributed by atoms with E-state index in [0.717, 1.165) is 16.0 Å². The molecule has 0 saturated heterocycles. The number of nitrogens with one attached hydrogen (secondary N) is 1. The number of imide groups is 1. The number of nitrogens with zero attached hydrogens (tertiary/aromatic N) is 1. The molecule has 1 aliphatic rings. The number of hydrogen-bond acceptors (Lipinski definition) is 6. The minimum Gasteiger partial charge on any atom is -0.497 e. The smallest absolute Gasteiger partial charge is 0.338 e. The highest BCUT2D eigenvalue weighted by Gasteiger charge is 2.38. The molecule has 1 atom stereocenters. The molecule has 3 amide bonds. The Morgan fingerprint density at radius 3 is 2.26 bits per heavy atom. The standard InChI is InChI=1S/C27H24N2O6/c1-15-5-6-16(2)23(13-15)29-25(31)21-12-7-18(14-22(21)26(29)32)27(33)35-17(3)24(30)28-19-8-10-20(34-4)11-9-19/h5-14,17H,1-4H3,(H,28,30). The monoisotopic (exact) mass is 472 g/mol. The van der Waals surface area contributed by atoms with E-state index in [1.54, 1.807) is 37.4 Å². The zero-order chi connectivity index (χ0) is 25.3. The molecule has 35 heavy (non-hydrogen) atoms. The summed E-state index contributed by atoms with van der Waals surface area (Å²) in [5.74, 6) is -1.62. The number of benzene rings is 3. The number of fused-ring (bicyclic) bond motifs is 1. The zero-order valence-electron chi connectivity index (χ0n) is 19.7. The molecule has 1 unspecified atom stereocenters. The van der Waals surface area contributed by atoms with E-state index in [0.29, 0.717) is 17.1 Å². The van der Waals surface area contributed by atoms with Crippen LogP contribution in [0.25, 0.3) is 0 Å². The van der Waals surface area contributed by atoms with Crippen LogP contribution in [-0.2, 0) is 9.53 Å². The summed E-state index contributed by atoms with van der Waals surface area (Å²) in [6, 6.07) is 16.4. The Bertz CT molecular complexity index is 1350. The molecular weight excluding hydrogens is 448 g/mol. The molecule has 8 nitrogen and oxygen atoms in total. The normalized spacial score (nSPS) is 13.3. The van der Waals surface area contributed by atoms with Gasteiger partial charge in [0.05, 0.1) is 29.5 Å². The molecule has 3 aromatic carbocycles. The number of esters is 1. The van der Waals surface area contributed by atoms with E-state index >= 15 is 0 Å². The fraction of sp³-hybridized carbons (Fsp3) is 0.185. The fourth-order valence-corrected chi connectivity index (χ4v) is 3.75. The lowest BCUT2D eigenvalue weighted by atomic mass is 10.1. The van der Waals surface area contributed by atoms with E-state index in [4.69, 9.17) is 9.47 Å². The molecule has 3 aromatic rings. The SMILES string of the molecule is COc1ccc(NC(=O)C(C)OC(=O)c2ccc3c(c2)C(=O)N(c2cc(C)ccc2C)C3=O)cc1. The molecule has 1 N–H and O–H groups in total. The fourth-order valence-electron chi connectivity index (χ4n) is 3.75. The first-order valence-corrected chi connectivity index (χ1v) is 11.0. The van der Waals surface area contributed by atoms with Crippen molar-refractivity contribution in [1.82, 2.24) is 0 Å². The topological polar surface area (TPSA) is 102 Å². The number of anilines is 2. The van der Waals surface area contributed by atoms with E-state index in [1.165, 1.54) is 25.1 Å². The number of methoxy groups -OCH3 is 1. The van der Waals surface area contributed by atoms with Crippen molar-refractivity contribution in [1.29, 1.82) is 0 Å². The van der Waals surface area contributed by atoms with Gasteiger partial charge in [-0.2, -0.15) is 0 Å². The van der Waals surface area contributed by atoms with Crippen LogP contribution in [0.2, 0.25) is 0 Å². The highest BCUT2D eigenvalue weighted by atomic mass is 16.5. The van der Waals surface area contributed by atoms with Crippen molar-refractivity contribution < 1.29 is 28.7 Å². The van der Waals surface area contributed by atoms with E-state index in [2.05, 4.69) is 5.32 Å². The summed E-state index contributed by atoms with van der Waals surface area (Å²) in [5.41, 5.74) is 3.10. The number of amides is 3. The van der Waals surface area contributed by atoms with Gasteiger partial charge in [-0.3, -0.25) is 14.4 Å². The molecule has 0 aromatic heterocycles. The number of carbonyl (C=O) groups is 4. The molecule has 0 saturated carbocycles. The lowest BCUT2D eigenvalue weighted by Gasteiger charge is -2.17. The van der Waals surface area contributed by atoms with Gasteiger partial charge in [-0.15, -0.1) is 0 Å². The molecule has 0 spiro atoms. The molecule has 8 heteroatoms. The first-order chi connectivity index (χ1) is 16.7. The third-order valence-corrected chi connectivity index (χ3v) is 5.74. The third kappa shape index (κ3) is 4.63. The van der Waals surface area contributed by atoms with Crippen LogP contribution in [0.15, 0.2) is 60.7 Å². The van der Waals surface area contributed by atoms with Gasteiger partial charge < -0.3 is 14.8 Å². The van der Waals surface area contributed by atoms with Crippen molar-refractivity contribution in [2.45, 2.75) is 26.9 Å². The van der Waals surface area contributed by atoms with Crippen molar-refractivity contribution in [3.8, 4) is 5.75 Å². The summed E-state index contributed by atoms with van der Waals surface area (Å²) in [5, 5.41) is 2.66. The van der Waals surface area contributed by atoms with E-state index in [9.17, 15) is 19.2 Å². The average Bonchev–Trinajstić information content (AvgIpc) is 3.10. The maximum atomic E-state index is 13.1. The van der Waals surface area contributed by atoms with Crippen LogP contribution in [0.5, 0.6) is 5.75 Å². The predicted molar refractivity (Wildman–Crippen MR) is 130 cm³/mol. The third-order valence-electron chi connectivity index (χ3n) is 5.74. The Balaban J connectivity index is 1.48. The lowest BCUT2D eigenvalue weighted by Crippen LogP contribution is -2.30. The van der Waals surface area contributed by atoms with Gasteiger partial charge in [0.1, 0.15) is 5.75 Å². The molecule has 0 bridgehead atoms. The van der Waals surface area contributed by atoms with Crippen LogP contribution in [0, 0.1) is 13.8 Å². The summed E-state index contributed by atoms with van der Waals surface area (Å²) in [6.45, 7) is 5.14. The Morgan fingerprint density at radius 2 is 1.57 bits per heavy atom. The van der Waals surface area contributed by atoms with Gasteiger partial charge in [0, 0.05) is 5.69 Å². The first kappa shape index (κ1) is 23.7. The largest absolute Gasteiger partial charge is 0.497 e. The van der Waals surface area contributed by atoms with E-state index in [-0.39, 0.29) is 16.7 Å². The van der Waals surface area contributed by atoms with E-state index in [1.807, 2.05) is 26.0 Å². The predicted octanol–water partition coefficient (Wildman–Crippen LogP) is 4.30. The van der Waals surface area contributed by atoms with Crippen LogP contribution in [0.4, 0.5) is 11.4 Å². The molecule has 0 aliphatic carbocycles. The highest BCUT2D eigenvalue weighted by Crippen LogP contribution is 2.32. The summed E-state index contributed by atoms with van der Waals surface area (Å²) in [7, 11) is 1.54. The van der Waals surface area contributed by atoms with Crippen LogP contribution in [-0.4, -0.2) is 36.9 Å². The summed E-state index contributed by atoms with van der Waals surface area (Å²) < 4.78 is 10.4. The van der Waals surface area contributed by atoms with Crippen LogP contribution >= 0.6 is 0 Å².